The molecule has 2 rings (SSSR count). The number of carbonyl (C=O) groups excluding carboxylic acids is 1. The van der Waals surface area contributed by atoms with Gasteiger partial charge in [0.05, 0.1) is 12.0 Å². The molecule has 1 N–H and O–H groups in total. The van der Waals surface area contributed by atoms with E-state index in [9.17, 15) is 9.70 Å². The minimum Gasteiger partial charge on any atom is -0.465 e. The van der Waals surface area contributed by atoms with Gasteiger partial charge in [0.1, 0.15) is 21.7 Å². The summed E-state index contributed by atoms with van der Waals surface area (Å²) in [7, 11) is 1.20. The van der Waals surface area contributed by atoms with E-state index in [0.717, 1.165) is 5.56 Å². The highest BCUT2D eigenvalue weighted by atomic mass is 35.5. The first-order valence-corrected chi connectivity index (χ1v) is 6.73. The van der Waals surface area contributed by atoms with Crippen LogP contribution in [0.3, 0.4) is 0 Å². The fourth-order valence-corrected chi connectivity index (χ4v) is 2.30. The van der Waals surface area contributed by atoms with E-state index in [1.807, 2.05) is 0 Å². The van der Waals surface area contributed by atoms with E-state index in [1.54, 1.807) is 12.1 Å². The van der Waals surface area contributed by atoms with Crippen LogP contribution in [0.25, 0.3) is 0 Å². The first-order chi connectivity index (χ1) is 10.4. The first-order valence-electron chi connectivity index (χ1n) is 5.97. The Labute approximate surface area is 135 Å². The second-order valence-corrected chi connectivity index (χ2v) is 4.92. The summed E-state index contributed by atoms with van der Waals surface area (Å²) in [6, 6.07) is 6.12. The Bertz CT molecular complexity index is 712. The van der Waals surface area contributed by atoms with Gasteiger partial charge in [-0.05, 0) is 5.56 Å². The van der Waals surface area contributed by atoms with Crippen molar-refractivity contribution in [3.8, 4) is 0 Å². The molecular formula is C13H10Cl2N3O4+. The second-order valence-electron chi connectivity index (χ2n) is 4.20. The smallest absolute Gasteiger partial charge is 0.344 e. The standard InChI is InChI=1S/C13H10Cl2N3O4/c1-22-13(19)10-11(14)16-9(17-12(10)15)6-7-2-4-8(5-3-7)18(20)21/h2-5H,6H2,1H3,(H,20,21)/q+1. The van der Waals surface area contributed by atoms with Gasteiger partial charge in [0.15, 0.2) is 0 Å². The van der Waals surface area contributed by atoms with E-state index in [0.29, 0.717) is 5.82 Å². The minimum absolute atomic E-state index is 0.0905. The summed E-state index contributed by atoms with van der Waals surface area (Å²) in [6.45, 7) is 0. The number of hydrogen-bond acceptors (Lipinski definition) is 5. The maximum atomic E-state index is 11.5. The summed E-state index contributed by atoms with van der Waals surface area (Å²) in [5.41, 5.74) is 0.775. The summed E-state index contributed by atoms with van der Waals surface area (Å²) in [5.74, 6) is -0.414. The fraction of sp³-hybridized carbons (Fsp3) is 0.154. The molecule has 7 nitrogen and oxygen atoms in total. The maximum absolute atomic E-state index is 11.5. The van der Waals surface area contributed by atoms with E-state index in [1.165, 1.54) is 19.2 Å². The van der Waals surface area contributed by atoms with Crippen LogP contribution >= 0.6 is 23.2 Å². The van der Waals surface area contributed by atoms with Gasteiger partial charge in [0, 0.05) is 18.6 Å². The van der Waals surface area contributed by atoms with Crippen molar-refractivity contribution in [3.05, 3.63) is 56.4 Å². The summed E-state index contributed by atoms with van der Waals surface area (Å²) in [4.78, 5) is 30.0. The van der Waals surface area contributed by atoms with Crippen LogP contribution in [0.15, 0.2) is 24.3 Å². The van der Waals surface area contributed by atoms with Gasteiger partial charge in [-0.3, -0.25) is 0 Å². The van der Waals surface area contributed by atoms with Gasteiger partial charge in [-0.15, -0.1) is 0 Å². The Morgan fingerprint density at radius 3 is 2.23 bits per heavy atom. The van der Waals surface area contributed by atoms with Gasteiger partial charge in [-0.1, -0.05) is 35.3 Å². The van der Waals surface area contributed by atoms with Crippen LogP contribution in [0.1, 0.15) is 21.7 Å². The van der Waals surface area contributed by atoms with Crippen LogP contribution in [-0.4, -0.2) is 33.2 Å². The number of nitrogens with zero attached hydrogens (tertiary/aromatic N) is 3. The lowest BCUT2D eigenvalue weighted by molar-refractivity contribution is -0.729. The molecule has 1 heterocycles. The number of aromatic nitrogens is 2. The Balaban J connectivity index is 2.27. The number of ether oxygens (including phenoxy) is 1. The highest BCUT2D eigenvalue weighted by molar-refractivity contribution is 6.37. The number of halogens is 2. The van der Waals surface area contributed by atoms with Crippen molar-refractivity contribution in [2.24, 2.45) is 0 Å². The van der Waals surface area contributed by atoms with Gasteiger partial charge in [-0.2, -0.15) is 0 Å². The van der Waals surface area contributed by atoms with E-state index in [2.05, 4.69) is 14.7 Å². The lowest BCUT2D eigenvalue weighted by Crippen LogP contribution is -2.08. The molecule has 0 amide bonds. The van der Waals surface area contributed by atoms with Crippen molar-refractivity contribution in [1.82, 2.24) is 9.97 Å². The average Bonchev–Trinajstić information content (AvgIpc) is 2.46. The second kappa shape index (κ2) is 6.67. The van der Waals surface area contributed by atoms with Crippen LogP contribution in [0.4, 0.5) is 5.69 Å². The third-order valence-corrected chi connectivity index (χ3v) is 3.32. The Kier molecular flexibility index (Phi) is 4.89. The first kappa shape index (κ1) is 16.1. The number of carbonyl (C=O) groups is 1. The van der Waals surface area contributed by atoms with Gasteiger partial charge >= 0.3 is 11.7 Å². The molecule has 0 fully saturated rings. The minimum atomic E-state index is -0.718. The molecule has 114 valence electrons. The van der Waals surface area contributed by atoms with Gasteiger partial charge in [0.2, 0.25) is 0 Å². The molecule has 0 aliphatic rings. The maximum Gasteiger partial charge on any atom is 0.344 e. The molecule has 0 unspecified atom stereocenters. The number of benzene rings is 1. The van der Waals surface area contributed by atoms with Crippen molar-refractivity contribution in [2.75, 3.05) is 7.11 Å². The third kappa shape index (κ3) is 3.49. The Morgan fingerprint density at radius 2 is 1.77 bits per heavy atom. The van der Waals surface area contributed by atoms with E-state index in [-0.39, 0.29) is 32.9 Å². The molecule has 9 heteroatoms. The summed E-state index contributed by atoms with van der Waals surface area (Å²) in [5, 5.41) is 8.56. The molecule has 0 saturated heterocycles. The van der Waals surface area contributed by atoms with Crippen molar-refractivity contribution in [2.45, 2.75) is 6.42 Å². The molecule has 22 heavy (non-hydrogen) atoms. The molecule has 0 saturated carbocycles. The highest BCUT2D eigenvalue weighted by Crippen LogP contribution is 2.23. The largest absolute Gasteiger partial charge is 0.465 e. The normalized spacial score (nSPS) is 10.3. The zero-order valence-electron chi connectivity index (χ0n) is 11.3. The summed E-state index contributed by atoms with van der Waals surface area (Å²) >= 11 is 11.8. The summed E-state index contributed by atoms with van der Waals surface area (Å²) in [6.07, 6.45) is 0.283. The van der Waals surface area contributed by atoms with E-state index < -0.39 is 5.97 Å². The molecule has 1 aromatic carbocycles. The van der Waals surface area contributed by atoms with Crippen LogP contribution < -0.4 is 0 Å². The molecule has 0 aliphatic heterocycles. The number of esters is 1. The number of methoxy groups -OCH3 is 1. The van der Waals surface area contributed by atoms with Crippen LogP contribution in [0, 0.1) is 4.91 Å². The highest BCUT2D eigenvalue weighted by Gasteiger charge is 2.19. The predicted octanol–water partition coefficient (Wildman–Crippen LogP) is 2.96. The predicted molar refractivity (Wildman–Crippen MR) is 77.7 cm³/mol. The molecule has 2 aromatic rings. The molecule has 0 atom stereocenters. The molecule has 0 aliphatic carbocycles. The van der Waals surface area contributed by atoms with E-state index >= 15 is 0 Å². The molecule has 1 aromatic heterocycles. The lowest BCUT2D eigenvalue weighted by Gasteiger charge is -2.06. The number of hydrogen-bond donors (Lipinski definition) is 1. The zero-order valence-corrected chi connectivity index (χ0v) is 12.8. The fourth-order valence-electron chi connectivity index (χ4n) is 1.72. The quantitative estimate of drug-likeness (QED) is 0.521. The Hall–Kier alpha value is -2.25. The zero-order chi connectivity index (χ0) is 16.3. The van der Waals surface area contributed by atoms with Gasteiger partial charge in [0.25, 0.3) is 4.92 Å². The number of rotatable bonds is 4. The molecule has 0 bridgehead atoms. The Morgan fingerprint density at radius 1 is 1.23 bits per heavy atom. The SMILES string of the molecule is COC(=O)c1c(Cl)nc(Cc2ccc([N+](=O)O)cc2)nc1Cl. The molecular weight excluding hydrogens is 333 g/mol. The molecule has 0 radical (unpaired) electrons. The topological polar surface area (TPSA) is 92.4 Å². The van der Waals surface area contributed by atoms with Crippen LogP contribution in [-0.2, 0) is 11.2 Å². The van der Waals surface area contributed by atoms with Crippen molar-refractivity contribution < 1.29 is 19.7 Å². The monoisotopic (exact) mass is 342 g/mol. The van der Waals surface area contributed by atoms with Crippen LogP contribution in [0.2, 0.25) is 10.3 Å². The lowest BCUT2D eigenvalue weighted by atomic mass is 10.1. The summed E-state index contributed by atoms with van der Waals surface area (Å²) < 4.78 is 4.55. The molecule has 0 spiro atoms. The van der Waals surface area contributed by atoms with Crippen molar-refractivity contribution in [1.29, 1.82) is 0 Å². The van der Waals surface area contributed by atoms with Gasteiger partial charge < -0.3 is 4.74 Å². The van der Waals surface area contributed by atoms with Crippen molar-refractivity contribution >= 4 is 34.9 Å². The van der Waals surface area contributed by atoms with Crippen LogP contribution in [0.5, 0.6) is 0 Å². The third-order valence-electron chi connectivity index (χ3n) is 2.78. The van der Waals surface area contributed by atoms with Gasteiger partial charge in [-0.25, -0.2) is 20.0 Å². The van der Waals surface area contributed by atoms with Crippen molar-refractivity contribution in [3.63, 3.8) is 0 Å². The average molecular weight is 343 g/mol. The van der Waals surface area contributed by atoms with E-state index in [4.69, 9.17) is 28.4 Å².